The highest BCUT2D eigenvalue weighted by Gasteiger charge is 2.66. The summed E-state index contributed by atoms with van der Waals surface area (Å²) in [6.07, 6.45) is 12.4. The number of aliphatic hydroxyl groups excluding tert-OH is 2. The zero-order chi connectivity index (χ0) is 17.3. The van der Waals surface area contributed by atoms with Crippen LogP contribution in [0.3, 0.4) is 0 Å². The maximum Gasteiger partial charge on any atom is 0.130 e. The van der Waals surface area contributed by atoms with Crippen molar-refractivity contribution < 1.29 is 15.3 Å². The minimum absolute atomic E-state index is 0.196. The highest BCUT2D eigenvalue weighted by molar-refractivity contribution is 5.24. The molecule has 4 fully saturated rings. The Bertz CT molecular complexity index is 568. The molecule has 4 saturated carbocycles. The molecule has 4 aliphatic carbocycles. The van der Waals surface area contributed by atoms with Crippen molar-refractivity contribution in [2.45, 2.75) is 83.0 Å². The zero-order valence-corrected chi connectivity index (χ0v) is 15.0. The fourth-order valence-electron chi connectivity index (χ4n) is 7.46. The van der Waals surface area contributed by atoms with Gasteiger partial charge in [0.2, 0.25) is 0 Å². The Morgan fingerprint density at radius 1 is 0.958 bits per heavy atom. The van der Waals surface area contributed by atoms with E-state index in [1.165, 1.54) is 0 Å². The summed E-state index contributed by atoms with van der Waals surface area (Å²) in [4.78, 5) is 0. The second-order valence-electron chi connectivity index (χ2n) is 9.72. The van der Waals surface area contributed by atoms with Gasteiger partial charge in [-0.05, 0) is 80.5 Å². The molecule has 3 N–H and O–H groups in total. The lowest BCUT2D eigenvalue weighted by atomic mass is 9.43. The third-order valence-corrected chi connectivity index (χ3v) is 9.05. The number of fused-ring (bicyclic) bond motifs is 5. The number of rotatable bonds is 0. The molecule has 3 nitrogen and oxygen atoms in total. The van der Waals surface area contributed by atoms with Crippen molar-refractivity contribution in [1.82, 2.24) is 0 Å². The molecule has 4 aliphatic rings. The summed E-state index contributed by atoms with van der Waals surface area (Å²) in [5, 5.41) is 32.1. The second kappa shape index (κ2) is 5.22. The second-order valence-corrected chi connectivity index (χ2v) is 9.72. The lowest BCUT2D eigenvalue weighted by molar-refractivity contribution is -0.183. The molecule has 1 unspecified atom stereocenters. The van der Waals surface area contributed by atoms with E-state index in [4.69, 9.17) is 6.42 Å². The van der Waals surface area contributed by atoms with E-state index < -0.39 is 5.60 Å². The normalized spacial score (nSPS) is 59.8. The quantitative estimate of drug-likeness (QED) is 0.598. The molecule has 0 aromatic rings. The predicted octanol–water partition coefficient (Wildman–Crippen LogP) is 2.73. The van der Waals surface area contributed by atoms with Gasteiger partial charge < -0.3 is 15.3 Å². The van der Waals surface area contributed by atoms with Crippen molar-refractivity contribution in [2.24, 2.45) is 34.5 Å². The molecule has 0 saturated heterocycles. The lowest BCUT2D eigenvalue weighted by Gasteiger charge is -2.62. The van der Waals surface area contributed by atoms with Crippen molar-refractivity contribution in [2.75, 3.05) is 0 Å². The number of aliphatic hydroxyl groups is 3. The van der Waals surface area contributed by atoms with Crippen LogP contribution in [0.15, 0.2) is 0 Å². The molecule has 9 atom stereocenters. The molecule has 3 heteroatoms. The summed E-state index contributed by atoms with van der Waals surface area (Å²) in [7, 11) is 0. The minimum atomic E-state index is -1.01. The zero-order valence-electron chi connectivity index (χ0n) is 15.0. The van der Waals surface area contributed by atoms with Crippen LogP contribution >= 0.6 is 0 Å². The van der Waals surface area contributed by atoms with Crippen molar-refractivity contribution in [3.05, 3.63) is 0 Å². The van der Waals surface area contributed by atoms with Crippen molar-refractivity contribution >= 4 is 0 Å². The maximum atomic E-state index is 11.0. The molecule has 0 spiro atoms. The molecule has 0 aromatic carbocycles. The van der Waals surface area contributed by atoms with Gasteiger partial charge in [0.15, 0.2) is 0 Å². The first-order chi connectivity index (χ1) is 11.2. The van der Waals surface area contributed by atoms with Gasteiger partial charge in [0.1, 0.15) is 5.60 Å². The summed E-state index contributed by atoms with van der Waals surface area (Å²) in [6, 6.07) is 0. The van der Waals surface area contributed by atoms with Crippen LogP contribution in [0, 0.1) is 46.8 Å². The first-order valence-electron chi connectivity index (χ1n) is 9.81. The fourth-order valence-corrected chi connectivity index (χ4v) is 7.46. The van der Waals surface area contributed by atoms with Gasteiger partial charge in [0, 0.05) is 5.41 Å². The van der Waals surface area contributed by atoms with Gasteiger partial charge in [-0.2, -0.15) is 0 Å². The van der Waals surface area contributed by atoms with Gasteiger partial charge in [-0.3, -0.25) is 0 Å². The van der Waals surface area contributed by atoms with E-state index in [9.17, 15) is 15.3 Å². The van der Waals surface area contributed by atoms with Gasteiger partial charge in [-0.15, -0.1) is 6.42 Å². The molecule has 0 bridgehead atoms. The van der Waals surface area contributed by atoms with Crippen molar-refractivity contribution in [1.29, 1.82) is 0 Å². The van der Waals surface area contributed by atoms with E-state index in [1.807, 2.05) is 0 Å². The molecule has 0 radical (unpaired) electrons. The SMILES string of the molecule is C#C[C@]1(O)CC[C@H]2[C@@H]3[C@@H](O)CC4C[C@H](O)CC[C@]4(C)[C@H]3CC[C@@]21C. The summed E-state index contributed by atoms with van der Waals surface area (Å²) < 4.78 is 0. The van der Waals surface area contributed by atoms with Crippen LogP contribution in [0.4, 0.5) is 0 Å². The molecule has 4 rings (SSSR count). The third kappa shape index (κ3) is 1.97. The van der Waals surface area contributed by atoms with Gasteiger partial charge in [0.25, 0.3) is 0 Å². The van der Waals surface area contributed by atoms with Crippen LogP contribution in [0.2, 0.25) is 0 Å². The van der Waals surface area contributed by atoms with Crippen molar-refractivity contribution in [3.8, 4) is 12.3 Å². The Morgan fingerprint density at radius 2 is 1.67 bits per heavy atom. The maximum absolute atomic E-state index is 11.0. The summed E-state index contributed by atoms with van der Waals surface area (Å²) in [6.45, 7) is 4.56. The van der Waals surface area contributed by atoms with Crippen LogP contribution in [0.5, 0.6) is 0 Å². The van der Waals surface area contributed by atoms with E-state index in [2.05, 4.69) is 19.8 Å². The topological polar surface area (TPSA) is 60.7 Å². The lowest BCUT2D eigenvalue weighted by Crippen LogP contribution is -2.60. The molecule has 0 amide bonds. The smallest absolute Gasteiger partial charge is 0.130 e. The highest BCUT2D eigenvalue weighted by Crippen LogP contribution is 2.68. The highest BCUT2D eigenvalue weighted by atomic mass is 16.3. The van der Waals surface area contributed by atoms with Gasteiger partial charge >= 0.3 is 0 Å². The Hall–Kier alpha value is -0.560. The van der Waals surface area contributed by atoms with Gasteiger partial charge in [0.05, 0.1) is 12.2 Å². The molecular weight excluding hydrogens is 300 g/mol. The van der Waals surface area contributed by atoms with Crippen LogP contribution in [0.1, 0.15) is 65.2 Å². The molecule has 134 valence electrons. The first-order valence-corrected chi connectivity index (χ1v) is 9.81. The van der Waals surface area contributed by atoms with E-state index in [0.29, 0.717) is 24.2 Å². The Morgan fingerprint density at radius 3 is 2.38 bits per heavy atom. The average molecular weight is 332 g/mol. The van der Waals surface area contributed by atoms with Crippen LogP contribution in [-0.2, 0) is 0 Å². The minimum Gasteiger partial charge on any atom is -0.393 e. The average Bonchev–Trinajstić information content (AvgIpc) is 2.82. The summed E-state index contributed by atoms with van der Waals surface area (Å²) in [5.74, 6) is 4.19. The van der Waals surface area contributed by atoms with E-state index in [-0.39, 0.29) is 29.0 Å². The first kappa shape index (κ1) is 16.9. The van der Waals surface area contributed by atoms with Crippen LogP contribution < -0.4 is 0 Å². The Balaban J connectivity index is 1.69. The van der Waals surface area contributed by atoms with Crippen LogP contribution in [-0.4, -0.2) is 33.1 Å². The fraction of sp³-hybridized carbons (Fsp3) is 0.905. The monoisotopic (exact) mass is 332 g/mol. The number of hydrogen-bond acceptors (Lipinski definition) is 3. The predicted molar refractivity (Wildman–Crippen MR) is 92.9 cm³/mol. The van der Waals surface area contributed by atoms with Crippen molar-refractivity contribution in [3.63, 3.8) is 0 Å². The van der Waals surface area contributed by atoms with E-state index in [1.54, 1.807) is 0 Å². The number of terminal acetylenes is 1. The Labute approximate surface area is 145 Å². The van der Waals surface area contributed by atoms with Crippen LogP contribution in [0.25, 0.3) is 0 Å². The van der Waals surface area contributed by atoms with E-state index in [0.717, 1.165) is 44.9 Å². The molecule has 0 heterocycles. The molecular formula is C21H32O3. The third-order valence-electron chi connectivity index (χ3n) is 9.05. The number of hydrogen-bond donors (Lipinski definition) is 3. The standard InChI is InChI=1S/C21H32O3/c1-4-21(24)10-7-16-18-15(6-9-20(16,21)3)19(2)8-5-14(22)11-13(19)12-17(18)23/h1,13-18,22-24H,5-12H2,2-3H3/t13?,14-,15+,16+,17+,18-,19+,20+,21+/m1/s1. The molecule has 0 aromatic heterocycles. The molecule has 0 aliphatic heterocycles. The van der Waals surface area contributed by atoms with E-state index >= 15 is 0 Å². The summed E-state index contributed by atoms with van der Waals surface area (Å²) >= 11 is 0. The molecule has 24 heavy (non-hydrogen) atoms. The Kier molecular flexibility index (Phi) is 3.67. The van der Waals surface area contributed by atoms with Gasteiger partial charge in [-0.1, -0.05) is 19.8 Å². The largest absolute Gasteiger partial charge is 0.393 e. The summed E-state index contributed by atoms with van der Waals surface area (Å²) in [5.41, 5.74) is -1.05. The van der Waals surface area contributed by atoms with Gasteiger partial charge in [-0.25, -0.2) is 0 Å².